The van der Waals surface area contributed by atoms with E-state index < -0.39 is 0 Å². The van der Waals surface area contributed by atoms with Gasteiger partial charge in [-0.05, 0) is 51.2 Å². The van der Waals surface area contributed by atoms with Crippen molar-refractivity contribution in [3.05, 3.63) is 46.5 Å². The van der Waals surface area contributed by atoms with Crippen LogP contribution >= 0.6 is 12.2 Å². The average molecular weight is 400 g/mol. The molecule has 0 spiro atoms. The van der Waals surface area contributed by atoms with Crippen LogP contribution in [0.15, 0.2) is 30.3 Å². The van der Waals surface area contributed by atoms with E-state index in [1.54, 1.807) is 0 Å². The standard InChI is InChI=1S/C20H26N6OS/c1-4-27-18-8-6-5-7-17(18)24-11-9-23(10-12-24)14-25-20(28)26-16(3)13-15(2)21-19(26)22-25/h5-8,13H,4,9-12,14H2,1-3H3/p+1. The number of benzene rings is 1. The highest BCUT2D eigenvalue weighted by molar-refractivity contribution is 7.71. The Morgan fingerprint density at radius 2 is 1.93 bits per heavy atom. The summed E-state index contributed by atoms with van der Waals surface area (Å²) in [5, 5.41) is 4.65. The highest BCUT2D eigenvalue weighted by Gasteiger charge is 2.23. The summed E-state index contributed by atoms with van der Waals surface area (Å²) in [5.74, 6) is 1.65. The first-order chi connectivity index (χ1) is 13.6. The molecular formula is C20H27N6OS+. The maximum absolute atomic E-state index is 5.80. The predicted molar refractivity (Wildman–Crippen MR) is 112 cm³/mol. The van der Waals surface area contributed by atoms with E-state index in [0.717, 1.165) is 54.8 Å². The summed E-state index contributed by atoms with van der Waals surface area (Å²) in [4.78, 5) is 8.40. The number of anilines is 1. The SMILES string of the molecule is CCOc1ccccc1N1CC[NH+](Cn2nc3nc(C)cc(C)n3c2=S)CC1. The van der Waals surface area contributed by atoms with Gasteiger partial charge < -0.3 is 14.5 Å². The van der Waals surface area contributed by atoms with E-state index in [4.69, 9.17) is 17.0 Å². The van der Waals surface area contributed by atoms with E-state index in [2.05, 4.69) is 27.1 Å². The zero-order valence-electron chi connectivity index (χ0n) is 16.7. The van der Waals surface area contributed by atoms with Crippen molar-refractivity contribution in [2.75, 3.05) is 37.7 Å². The first kappa shape index (κ1) is 18.9. The van der Waals surface area contributed by atoms with Crippen molar-refractivity contribution in [3.63, 3.8) is 0 Å². The molecule has 1 aliphatic heterocycles. The van der Waals surface area contributed by atoms with Gasteiger partial charge in [0.25, 0.3) is 5.78 Å². The van der Waals surface area contributed by atoms with E-state index in [9.17, 15) is 0 Å². The monoisotopic (exact) mass is 399 g/mol. The number of fused-ring (bicyclic) bond motifs is 1. The second-order valence-electron chi connectivity index (χ2n) is 7.25. The molecule has 148 valence electrons. The molecular weight excluding hydrogens is 372 g/mol. The van der Waals surface area contributed by atoms with Gasteiger partial charge in [-0.2, -0.15) is 4.68 Å². The van der Waals surface area contributed by atoms with Crippen LogP contribution in [0.1, 0.15) is 18.3 Å². The molecule has 3 heterocycles. The number of quaternary nitrogens is 1. The Balaban J connectivity index is 1.47. The zero-order chi connectivity index (χ0) is 19.7. The minimum absolute atomic E-state index is 0.682. The first-order valence-corrected chi connectivity index (χ1v) is 10.2. The Morgan fingerprint density at radius 3 is 2.68 bits per heavy atom. The number of rotatable bonds is 5. The number of nitrogens with one attached hydrogen (secondary N) is 1. The van der Waals surface area contributed by atoms with Gasteiger partial charge >= 0.3 is 0 Å². The maximum atomic E-state index is 5.80. The van der Waals surface area contributed by atoms with Gasteiger partial charge in [0.2, 0.25) is 4.77 Å². The van der Waals surface area contributed by atoms with Crippen LogP contribution in [0.2, 0.25) is 0 Å². The number of hydrogen-bond acceptors (Lipinski definition) is 5. The van der Waals surface area contributed by atoms with Crippen LogP contribution < -0.4 is 14.5 Å². The molecule has 0 atom stereocenters. The Labute approximate surface area is 170 Å². The van der Waals surface area contributed by atoms with Gasteiger partial charge in [0, 0.05) is 11.4 Å². The van der Waals surface area contributed by atoms with Gasteiger partial charge in [0.05, 0.1) is 38.5 Å². The molecule has 0 amide bonds. The Hall–Kier alpha value is -2.45. The highest BCUT2D eigenvalue weighted by atomic mass is 32.1. The van der Waals surface area contributed by atoms with Gasteiger partial charge in [0.1, 0.15) is 5.75 Å². The van der Waals surface area contributed by atoms with Crippen molar-refractivity contribution in [1.29, 1.82) is 0 Å². The number of aromatic nitrogens is 4. The summed E-state index contributed by atoms with van der Waals surface area (Å²) in [6, 6.07) is 10.3. The Bertz CT molecular complexity index is 1030. The third-order valence-corrected chi connectivity index (χ3v) is 5.61. The van der Waals surface area contributed by atoms with E-state index >= 15 is 0 Å². The normalized spacial score (nSPS) is 15.3. The van der Waals surface area contributed by atoms with Crippen molar-refractivity contribution in [1.82, 2.24) is 19.2 Å². The molecule has 8 heteroatoms. The van der Waals surface area contributed by atoms with Gasteiger partial charge in [-0.15, -0.1) is 5.10 Å². The van der Waals surface area contributed by atoms with Crippen molar-refractivity contribution in [2.45, 2.75) is 27.4 Å². The van der Waals surface area contributed by atoms with Crippen molar-refractivity contribution >= 4 is 23.7 Å². The molecule has 1 fully saturated rings. The topological polar surface area (TPSA) is 52.0 Å². The smallest absolute Gasteiger partial charge is 0.254 e. The molecule has 0 unspecified atom stereocenters. The van der Waals surface area contributed by atoms with E-state index in [-0.39, 0.29) is 0 Å². The summed E-state index contributed by atoms with van der Waals surface area (Å²) in [6.45, 7) is 11.5. The molecule has 0 bridgehead atoms. The lowest BCUT2D eigenvalue weighted by atomic mass is 10.2. The quantitative estimate of drug-likeness (QED) is 0.661. The van der Waals surface area contributed by atoms with Crippen LogP contribution in [0.5, 0.6) is 5.75 Å². The average Bonchev–Trinajstić information content (AvgIpc) is 2.98. The minimum Gasteiger partial charge on any atom is -0.492 e. The summed E-state index contributed by atoms with van der Waals surface area (Å²) in [7, 11) is 0. The molecule has 28 heavy (non-hydrogen) atoms. The van der Waals surface area contributed by atoms with Crippen molar-refractivity contribution in [2.24, 2.45) is 0 Å². The molecule has 1 aliphatic rings. The molecule has 1 saturated heterocycles. The molecule has 0 aliphatic carbocycles. The van der Waals surface area contributed by atoms with Crippen LogP contribution in [0.3, 0.4) is 0 Å². The lowest BCUT2D eigenvalue weighted by molar-refractivity contribution is -0.924. The van der Waals surface area contributed by atoms with Gasteiger partial charge in [-0.1, -0.05) is 12.1 Å². The summed E-state index contributed by atoms with van der Waals surface area (Å²) < 4.78 is 10.4. The Morgan fingerprint density at radius 1 is 1.18 bits per heavy atom. The van der Waals surface area contributed by atoms with Crippen molar-refractivity contribution < 1.29 is 9.64 Å². The lowest BCUT2D eigenvalue weighted by Gasteiger charge is -2.34. The maximum Gasteiger partial charge on any atom is 0.254 e. The van der Waals surface area contributed by atoms with Crippen LogP contribution in [0.4, 0.5) is 5.69 Å². The first-order valence-electron chi connectivity index (χ1n) is 9.81. The molecule has 1 aromatic carbocycles. The van der Waals surface area contributed by atoms with Crippen molar-refractivity contribution in [3.8, 4) is 5.75 Å². The van der Waals surface area contributed by atoms with E-state index in [1.807, 2.05) is 48.1 Å². The van der Waals surface area contributed by atoms with E-state index in [0.29, 0.717) is 12.4 Å². The highest BCUT2D eigenvalue weighted by Crippen LogP contribution is 2.27. The molecule has 4 rings (SSSR count). The molecule has 0 saturated carbocycles. The number of hydrogen-bond donors (Lipinski definition) is 1. The van der Waals surface area contributed by atoms with Crippen LogP contribution in [-0.2, 0) is 6.67 Å². The number of ether oxygens (including phenoxy) is 1. The Kier molecular flexibility index (Phi) is 5.32. The van der Waals surface area contributed by atoms with E-state index in [1.165, 1.54) is 10.6 Å². The molecule has 3 aromatic rings. The summed E-state index contributed by atoms with van der Waals surface area (Å²) in [5.41, 5.74) is 3.22. The third-order valence-electron chi connectivity index (χ3n) is 5.22. The zero-order valence-corrected chi connectivity index (χ0v) is 17.5. The summed E-state index contributed by atoms with van der Waals surface area (Å²) >= 11 is 5.66. The predicted octanol–water partition coefficient (Wildman–Crippen LogP) is 1.64. The van der Waals surface area contributed by atoms with Gasteiger partial charge in [-0.25, -0.2) is 4.98 Å². The molecule has 1 N–H and O–H groups in total. The number of para-hydroxylation sites is 2. The van der Waals surface area contributed by atoms with Gasteiger partial charge in [0.15, 0.2) is 6.67 Å². The third kappa shape index (κ3) is 3.62. The second-order valence-corrected chi connectivity index (χ2v) is 7.62. The largest absolute Gasteiger partial charge is 0.492 e. The van der Waals surface area contributed by atoms with Crippen LogP contribution in [0.25, 0.3) is 5.78 Å². The number of nitrogens with zero attached hydrogens (tertiary/aromatic N) is 5. The fourth-order valence-electron chi connectivity index (χ4n) is 3.87. The fraction of sp³-hybridized carbons (Fsp3) is 0.450. The lowest BCUT2D eigenvalue weighted by Crippen LogP contribution is -3.14. The molecule has 2 aromatic heterocycles. The van der Waals surface area contributed by atoms with Crippen LogP contribution in [-0.4, -0.2) is 52.0 Å². The molecule has 0 radical (unpaired) electrons. The number of aryl methyl sites for hydroxylation is 2. The van der Waals surface area contributed by atoms with Gasteiger partial charge in [-0.3, -0.25) is 4.40 Å². The number of piperazine rings is 1. The van der Waals surface area contributed by atoms with Crippen LogP contribution in [0, 0.1) is 18.6 Å². The minimum atomic E-state index is 0.682. The summed E-state index contributed by atoms with van der Waals surface area (Å²) in [6.07, 6.45) is 0. The second kappa shape index (κ2) is 7.89. The fourth-order valence-corrected chi connectivity index (χ4v) is 4.20. The molecule has 7 nitrogen and oxygen atoms in total.